The number of carbonyl (C=O) groups excluding carboxylic acids is 1. The minimum absolute atomic E-state index is 0.168. The second kappa shape index (κ2) is 2.85. The summed E-state index contributed by atoms with van der Waals surface area (Å²) in [6.45, 7) is 0. The average molecular weight is 199 g/mol. The van der Waals surface area contributed by atoms with E-state index in [1.165, 1.54) is 6.20 Å². The fraction of sp³-hybridized carbons (Fsp3) is 0. The first-order valence-corrected chi connectivity index (χ1v) is 4.19. The third kappa shape index (κ3) is 1.12. The van der Waals surface area contributed by atoms with Crippen LogP contribution < -0.4 is 0 Å². The summed E-state index contributed by atoms with van der Waals surface area (Å²) >= 11 is 0.989. The Kier molecular flexibility index (Phi) is 1.81. The van der Waals surface area contributed by atoms with E-state index in [2.05, 4.69) is 4.37 Å². The third-order valence-corrected chi connectivity index (χ3v) is 2.45. The van der Waals surface area contributed by atoms with Gasteiger partial charge in [0.2, 0.25) is 0 Å². The van der Waals surface area contributed by atoms with E-state index < -0.39 is 17.2 Å². The number of carbonyl (C=O) groups is 1. The van der Waals surface area contributed by atoms with Crippen molar-refractivity contribution >= 4 is 27.9 Å². The summed E-state index contributed by atoms with van der Waals surface area (Å²) in [7, 11) is 0. The molecule has 2 aromatic rings. The van der Waals surface area contributed by atoms with Crippen molar-refractivity contribution in [1.29, 1.82) is 0 Å². The van der Waals surface area contributed by atoms with Crippen molar-refractivity contribution in [2.75, 3.05) is 0 Å². The summed E-state index contributed by atoms with van der Waals surface area (Å²) in [5, 5.41) is 0.188. The van der Waals surface area contributed by atoms with E-state index in [-0.39, 0.29) is 11.7 Å². The van der Waals surface area contributed by atoms with E-state index >= 15 is 0 Å². The minimum Gasteiger partial charge on any atom is -0.298 e. The summed E-state index contributed by atoms with van der Waals surface area (Å²) in [5.74, 6) is -1.68. The average Bonchev–Trinajstić information content (AvgIpc) is 2.53. The number of aldehydes is 1. The third-order valence-electron chi connectivity index (χ3n) is 1.70. The van der Waals surface area contributed by atoms with Gasteiger partial charge in [-0.25, -0.2) is 8.78 Å². The van der Waals surface area contributed by atoms with E-state index in [0.29, 0.717) is 4.70 Å². The molecule has 0 aliphatic heterocycles. The van der Waals surface area contributed by atoms with Crippen molar-refractivity contribution in [2.45, 2.75) is 0 Å². The highest BCUT2D eigenvalue weighted by molar-refractivity contribution is 7.13. The van der Waals surface area contributed by atoms with Crippen molar-refractivity contribution in [3.63, 3.8) is 0 Å². The normalized spacial score (nSPS) is 10.6. The van der Waals surface area contributed by atoms with Crippen LogP contribution >= 0.6 is 11.5 Å². The molecular formula is C8H3F2NOS. The molecule has 0 saturated carbocycles. The molecule has 2 rings (SSSR count). The van der Waals surface area contributed by atoms with E-state index in [9.17, 15) is 13.6 Å². The van der Waals surface area contributed by atoms with Gasteiger partial charge in [0.05, 0.1) is 16.5 Å². The van der Waals surface area contributed by atoms with Gasteiger partial charge in [-0.2, -0.15) is 4.37 Å². The highest BCUT2D eigenvalue weighted by Crippen LogP contribution is 2.25. The molecule has 2 nitrogen and oxygen atoms in total. The predicted molar refractivity (Wildman–Crippen MR) is 44.9 cm³/mol. The van der Waals surface area contributed by atoms with Gasteiger partial charge in [-0.15, -0.1) is 0 Å². The fourth-order valence-electron chi connectivity index (χ4n) is 1.07. The number of nitrogens with zero attached hydrogens (tertiary/aromatic N) is 1. The lowest BCUT2D eigenvalue weighted by molar-refractivity contribution is 0.111. The van der Waals surface area contributed by atoms with Crippen molar-refractivity contribution in [3.05, 3.63) is 29.5 Å². The first-order valence-electron chi connectivity index (χ1n) is 3.41. The van der Waals surface area contributed by atoms with Gasteiger partial charge in [-0.1, -0.05) is 0 Å². The van der Waals surface area contributed by atoms with Crippen molar-refractivity contribution in [3.8, 4) is 0 Å². The van der Waals surface area contributed by atoms with Crippen LogP contribution in [0, 0.1) is 11.6 Å². The molecular weight excluding hydrogens is 196 g/mol. The van der Waals surface area contributed by atoms with Crippen LogP contribution in [-0.2, 0) is 0 Å². The van der Waals surface area contributed by atoms with Gasteiger partial charge >= 0.3 is 0 Å². The van der Waals surface area contributed by atoms with Gasteiger partial charge in [0.25, 0.3) is 0 Å². The summed E-state index contributed by atoms with van der Waals surface area (Å²) in [4.78, 5) is 10.3. The summed E-state index contributed by atoms with van der Waals surface area (Å²) in [5.41, 5.74) is -0.535. The van der Waals surface area contributed by atoms with Crippen LogP contribution in [0.4, 0.5) is 8.78 Å². The van der Waals surface area contributed by atoms with Crippen LogP contribution in [0.5, 0.6) is 0 Å². The fourth-order valence-corrected chi connectivity index (χ4v) is 1.74. The molecule has 1 aromatic carbocycles. The van der Waals surface area contributed by atoms with Crippen LogP contribution in [0.25, 0.3) is 10.1 Å². The number of halogens is 2. The molecule has 66 valence electrons. The summed E-state index contributed by atoms with van der Waals surface area (Å²) in [6, 6.07) is 1.11. The van der Waals surface area contributed by atoms with Gasteiger partial charge in [0, 0.05) is 5.39 Å². The van der Waals surface area contributed by atoms with E-state index in [1.807, 2.05) is 0 Å². The van der Waals surface area contributed by atoms with Crippen LogP contribution in [0.15, 0.2) is 12.3 Å². The molecule has 0 aliphatic carbocycles. The van der Waals surface area contributed by atoms with Crippen LogP contribution in [0.2, 0.25) is 0 Å². The first kappa shape index (κ1) is 8.25. The molecule has 0 saturated heterocycles. The van der Waals surface area contributed by atoms with Crippen LogP contribution in [0.1, 0.15) is 10.4 Å². The van der Waals surface area contributed by atoms with Gasteiger partial charge in [0.15, 0.2) is 6.29 Å². The monoisotopic (exact) mass is 199 g/mol. The lowest BCUT2D eigenvalue weighted by atomic mass is 10.1. The second-order valence-electron chi connectivity index (χ2n) is 2.44. The van der Waals surface area contributed by atoms with Crippen molar-refractivity contribution in [2.24, 2.45) is 0 Å². The molecule has 1 heterocycles. The first-order chi connectivity index (χ1) is 6.24. The number of benzene rings is 1. The van der Waals surface area contributed by atoms with Crippen LogP contribution in [0.3, 0.4) is 0 Å². The topological polar surface area (TPSA) is 30.0 Å². The van der Waals surface area contributed by atoms with Gasteiger partial charge < -0.3 is 0 Å². The number of hydrogen-bond donors (Lipinski definition) is 0. The Bertz CT molecular complexity index is 480. The molecule has 5 heteroatoms. The Morgan fingerprint density at radius 3 is 2.92 bits per heavy atom. The maximum absolute atomic E-state index is 13.3. The van der Waals surface area contributed by atoms with Gasteiger partial charge in [-0.3, -0.25) is 4.79 Å². The number of hydrogen-bond acceptors (Lipinski definition) is 3. The molecule has 13 heavy (non-hydrogen) atoms. The summed E-state index contributed by atoms with van der Waals surface area (Å²) in [6.07, 6.45) is 1.45. The van der Waals surface area contributed by atoms with Gasteiger partial charge in [0.1, 0.15) is 11.6 Å². The molecule has 0 N–H and O–H groups in total. The van der Waals surface area contributed by atoms with Crippen LogP contribution in [-0.4, -0.2) is 10.7 Å². The standard InChI is InChI=1S/C8H3F2NOS/c9-6-1-7-4(2-11-13-7)8(10)5(6)3-12/h1-3H. The highest BCUT2D eigenvalue weighted by Gasteiger charge is 2.13. The van der Waals surface area contributed by atoms with E-state index in [4.69, 9.17) is 0 Å². The Labute approximate surface area is 76.0 Å². The smallest absolute Gasteiger partial charge is 0.155 e. The largest absolute Gasteiger partial charge is 0.298 e. The molecule has 0 atom stereocenters. The molecule has 0 spiro atoms. The van der Waals surface area contributed by atoms with E-state index in [1.54, 1.807) is 0 Å². The molecule has 0 aliphatic rings. The molecule has 0 fully saturated rings. The number of aromatic nitrogens is 1. The quantitative estimate of drug-likeness (QED) is 0.660. The molecule has 1 aromatic heterocycles. The minimum atomic E-state index is -0.843. The lowest BCUT2D eigenvalue weighted by Gasteiger charge is -1.97. The SMILES string of the molecule is O=Cc1c(F)cc2sncc2c1F. The zero-order valence-electron chi connectivity index (χ0n) is 6.25. The second-order valence-corrected chi connectivity index (χ2v) is 3.27. The molecule has 0 amide bonds. The maximum atomic E-state index is 13.3. The maximum Gasteiger partial charge on any atom is 0.155 e. The number of fused-ring (bicyclic) bond motifs is 1. The Morgan fingerprint density at radius 2 is 2.23 bits per heavy atom. The Balaban J connectivity index is 2.92. The van der Waals surface area contributed by atoms with Gasteiger partial charge in [-0.05, 0) is 17.6 Å². The van der Waals surface area contributed by atoms with E-state index in [0.717, 1.165) is 17.6 Å². The molecule has 0 radical (unpaired) electrons. The number of rotatable bonds is 1. The zero-order chi connectivity index (χ0) is 9.42. The zero-order valence-corrected chi connectivity index (χ0v) is 7.07. The lowest BCUT2D eigenvalue weighted by Crippen LogP contribution is -1.93. The summed E-state index contributed by atoms with van der Waals surface area (Å²) < 4.78 is 30.3. The molecule has 0 unspecified atom stereocenters. The predicted octanol–water partition coefficient (Wildman–Crippen LogP) is 2.39. The highest BCUT2D eigenvalue weighted by atomic mass is 32.1. The van der Waals surface area contributed by atoms with Crippen molar-refractivity contribution in [1.82, 2.24) is 4.37 Å². The Hall–Kier alpha value is -1.36. The Morgan fingerprint density at radius 1 is 1.46 bits per heavy atom. The van der Waals surface area contributed by atoms with Crippen molar-refractivity contribution < 1.29 is 13.6 Å². The molecule has 0 bridgehead atoms.